The molecule has 0 aliphatic rings. The van der Waals surface area contributed by atoms with Crippen LogP contribution >= 0.6 is 22.9 Å². The highest BCUT2D eigenvalue weighted by Crippen LogP contribution is 2.34. The molecule has 0 unspecified atom stereocenters. The van der Waals surface area contributed by atoms with Crippen molar-refractivity contribution in [3.8, 4) is 10.4 Å². The molecule has 1 heterocycles. The van der Waals surface area contributed by atoms with E-state index in [1.807, 2.05) is 6.92 Å². The zero-order chi connectivity index (χ0) is 15.7. The molecule has 6 heteroatoms. The van der Waals surface area contributed by atoms with Gasteiger partial charge in [0.25, 0.3) is 0 Å². The summed E-state index contributed by atoms with van der Waals surface area (Å²) in [7, 11) is -3.64. The van der Waals surface area contributed by atoms with E-state index >= 15 is 0 Å². The molecule has 3 aromatic rings. The summed E-state index contributed by atoms with van der Waals surface area (Å²) in [4.78, 5) is 4.95. The van der Waals surface area contributed by atoms with E-state index in [0.717, 1.165) is 11.1 Å². The highest BCUT2D eigenvalue weighted by Gasteiger charge is 2.24. The Morgan fingerprint density at radius 1 is 1.00 bits per heavy atom. The van der Waals surface area contributed by atoms with Gasteiger partial charge in [-0.1, -0.05) is 41.4 Å². The zero-order valence-electron chi connectivity index (χ0n) is 11.7. The van der Waals surface area contributed by atoms with Crippen LogP contribution in [0.25, 0.3) is 10.4 Å². The molecule has 0 N–H and O–H groups in total. The van der Waals surface area contributed by atoms with Gasteiger partial charge in [-0.05, 0) is 36.8 Å². The second-order valence-electron chi connectivity index (χ2n) is 4.81. The van der Waals surface area contributed by atoms with E-state index in [1.165, 1.54) is 11.3 Å². The number of sulfone groups is 1. The third kappa shape index (κ3) is 2.79. The van der Waals surface area contributed by atoms with E-state index in [1.54, 1.807) is 54.0 Å². The quantitative estimate of drug-likeness (QED) is 0.694. The lowest BCUT2D eigenvalue weighted by molar-refractivity contribution is 0.593. The summed E-state index contributed by atoms with van der Waals surface area (Å²) in [6.45, 7) is 1.92. The average molecular weight is 350 g/mol. The van der Waals surface area contributed by atoms with E-state index < -0.39 is 9.84 Å². The number of hydrogen-bond donors (Lipinski definition) is 0. The SMILES string of the molecule is Cc1ccc(S(=O)(=O)c2ncsc2-c2ccc(Cl)cc2)cc1. The Hall–Kier alpha value is -1.69. The number of halogens is 1. The molecule has 2 aromatic carbocycles. The van der Waals surface area contributed by atoms with Gasteiger partial charge in [-0.2, -0.15) is 0 Å². The number of hydrogen-bond acceptors (Lipinski definition) is 4. The largest absolute Gasteiger partial charge is 0.232 e. The van der Waals surface area contributed by atoms with Crippen LogP contribution < -0.4 is 0 Å². The molecule has 0 fully saturated rings. The molecular weight excluding hydrogens is 338 g/mol. The molecule has 0 spiro atoms. The molecule has 3 nitrogen and oxygen atoms in total. The van der Waals surface area contributed by atoms with Crippen LogP contribution in [0.1, 0.15) is 5.56 Å². The normalized spacial score (nSPS) is 11.5. The van der Waals surface area contributed by atoms with Crippen LogP contribution in [0.5, 0.6) is 0 Å². The molecular formula is C16H12ClNO2S2. The molecule has 0 radical (unpaired) electrons. The number of aryl methyl sites for hydroxylation is 1. The standard InChI is InChI=1S/C16H12ClNO2S2/c1-11-2-8-14(9-3-11)22(19,20)16-15(21-10-18-16)12-4-6-13(17)7-5-12/h2-10H,1H3. The van der Waals surface area contributed by atoms with E-state index in [2.05, 4.69) is 4.98 Å². The first-order chi connectivity index (χ1) is 10.5. The van der Waals surface area contributed by atoms with Crippen LogP contribution in [-0.2, 0) is 9.84 Å². The monoisotopic (exact) mass is 349 g/mol. The molecule has 0 aliphatic heterocycles. The Morgan fingerprint density at radius 2 is 1.64 bits per heavy atom. The van der Waals surface area contributed by atoms with Gasteiger partial charge in [-0.15, -0.1) is 11.3 Å². The minimum atomic E-state index is -3.64. The second kappa shape index (κ2) is 5.83. The Bertz CT molecular complexity index is 898. The third-order valence-electron chi connectivity index (χ3n) is 3.23. The molecule has 0 bridgehead atoms. The molecule has 0 saturated carbocycles. The smallest absolute Gasteiger partial charge is 0.225 e. The number of aromatic nitrogens is 1. The summed E-state index contributed by atoms with van der Waals surface area (Å²) in [5.41, 5.74) is 3.35. The molecule has 0 amide bonds. The van der Waals surface area contributed by atoms with Gasteiger partial charge in [-0.25, -0.2) is 13.4 Å². The van der Waals surface area contributed by atoms with Gasteiger partial charge < -0.3 is 0 Å². The van der Waals surface area contributed by atoms with Gasteiger partial charge in [0.2, 0.25) is 9.84 Å². The fourth-order valence-electron chi connectivity index (χ4n) is 2.05. The third-order valence-corrected chi connectivity index (χ3v) is 6.20. The predicted octanol–water partition coefficient (Wildman–Crippen LogP) is 4.60. The van der Waals surface area contributed by atoms with Gasteiger partial charge in [0.1, 0.15) is 0 Å². The lowest BCUT2D eigenvalue weighted by atomic mass is 10.2. The first-order valence-corrected chi connectivity index (χ1v) is 9.24. The van der Waals surface area contributed by atoms with Crippen LogP contribution in [0.2, 0.25) is 5.02 Å². The van der Waals surface area contributed by atoms with Crippen LogP contribution in [-0.4, -0.2) is 13.4 Å². The van der Waals surface area contributed by atoms with Crippen LogP contribution in [0.3, 0.4) is 0 Å². The van der Waals surface area contributed by atoms with E-state index in [9.17, 15) is 8.42 Å². The molecule has 3 rings (SSSR count). The van der Waals surface area contributed by atoms with Crippen LogP contribution in [0.4, 0.5) is 0 Å². The van der Waals surface area contributed by atoms with Crippen molar-refractivity contribution in [3.63, 3.8) is 0 Å². The minimum absolute atomic E-state index is 0.0867. The topological polar surface area (TPSA) is 47.0 Å². The summed E-state index contributed by atoms with van der Waals surface area (Å²) in [6, 6.07) is 13.8. The Balaban J connectivity index is 2.11. The lowest BCUT2D eigenvalue weighted by Crippen LogP contribution is -2.03. The maximum Gasteiger partial charge on any atom is 0.225 e. The number of nitrogens with zero attached hydrogens (tertiary/aromatic N) is 1. The van der Waals surface area contributed by atoms with Crippen molar-refractivity contribution in [2.24, 2.45) is 0 Å². The van der Waals surface area contributed by atoms with Gasteiger partial charge in [-0.3, -0.25) is 0 Å². The maximum atomic E-state index is 12.8. The highest BCUT2D eigenvalue weighted by atomic mass is 35.5. The van der Waals surface area contributed by atoms with Gasteiger partial charge in [0.05, 0.1) is 15.3 Å². The molecule has 1 aromatic heterocycles. The summed E-state index contributed by atoms with van der Waals surface area (Å²) in [5.74, 6) is 0. The molecule has 0 atom stereocenters. The van der Waals surface area contributed by atoms with E-state index in [0.29, 0.717) is 9.90 Å². The van der Waals surface area contributed by atoms with Crippen molar-refractivity contribution < 1.29 is 8.42 Å². The lowest BCUT2D eigenvalue weighted by Gasteiger charge is -2.05. The molecule has 0 aliphatic carbocycles. The Kier molecular flexibility index (Phi) is 4.04. The zero-order valence-corrected chi connectivity index (χ0v) is 14.0. The van der Waals surface area contributed by atoms with Gasteiger partial charge in [0.15, 0.2) is 5.03 Å². The second-order valence-corrected chi connectivity index (χ2v) is 7.97. The summed E-state index contributed by atoms with van der Waals surface area (Å²) in [6.07, 6.45) is 0. The molecule has 0 saturated heterocycles. The number of rotatable bonds is 3. The van der Waals surface area contributed by atoms with Crippen LogP contribution in [0, 0.1) is 6.92 Å². The first kappa shape index (κ1) is 15.2. The van der Waals surface area contributed by atoms with Crippen molar-refractivity contribution in [2.45, 2.75) is 16.8 Å². The van der Waals surface area contributed by atoms with Gasteiger partial charge >= 0.3 is 0 Å². The fourth-order valence-corrected chi connectivity index (χ4v) is 4.68. The van der Waals surface area contributed by atoms with Crippen LogP contribution in [0.15, 0.2) is 64.0 Å². The van der Waals surface area contributed by atoms with E-state index in [4.69, 9.17) is 11.6 Å². The Morgan fingerprint density at radius 3 is 2.27 bits per heavy atom. The Labute approximate surface area is 138 Å². The van der Waals surface area contributed by atoms with Crippen molar-refractivity contribution >= 4 is 32.8 Å². The molecule has 112 valence electrons. The first-order valence-electron chi connectivity index (χ1n) is 6.49. The predicted molar refractivity (Wildman–Crippen MR) is 89.2 cm³/mol. The minimum Gasteiger partial charge on any atom is -0.232 e. The van der Waals surface area contributed by atoms with Crippen molar-refractivity contribution in [1.29, 1.82) is 0 Å². The van der Waals surface area contributed by atoms with Crippen molar-refractivity contribution in [1.82, 2.24) is 4.98 Å². The summed E-state index contributed by atoms with van der Waals surface area (Å²) in [5, 5.41) is 0.694. The van der Waals surface area contributed by atoms with Gasteiger partial charge in [0, 0.05) is 5.02 Å². The number of benzene rings is 2. The maximum absolute atomic E-state index is 12.8. The average Bonchev–Trinajstić information content (AvgIpc) is 2.99. The molecule has 22 heavy (non-hydrogen) atoms. The van der Waals surface area contributed by atoms with Crippen molar-refractivity contribution in [3.05, 3.63) is 64.6 Å². The van der Waals surface area contributed by atoms with E-state index in [-0.39, 0.29) is 9.92 Å². The number of thiazole rings is 1. The summed E-state index contributed by atoms with van der Waals surface area (Å²) >= 11 is 7.18. The van der Waals surface area contributed by atoms with Crippen molar-refractivity contribution in [2.75, 3.05) is 0 Å². The fraction of sp³-hybridized carbons (Fsp3) is 0.0625. The highest BCUT2D eigenvalue weighted by molar-refractivity contribution is 7.91. The summed E-state index contributed by atoms with van der Waals surface area (Å²) < 4.78 is 25.6.